The van der Waals surface area contributed by atoms with Crippen LogP contribution >= 0.6 is 0 Å². The summed E-state index contributed by atoms with van der Waals surface area (Å²) >= 11 is 0. The fourth-order valence-electron chi connectivity index (χ4n) is 3.28. The minimum atomic E-state index is -0.522. The highest BCUT2D eigenvalue weighted by Crippen LogP contribution is 2.40. The molecule has 1 aliphatic carbocycles. The van der Waals surface area contributed by atoms with Crippen molar-refractivity contribution in [1.29, 1.82) is 0 Å². The number of pyridine rings is 1. The fourth-order valence-corrected chi connectivity index (χ4v) is 3.28. The van der Waals surface area contributed by atoms with Gasteiger partial charge in [0.05, 0.1) is 5.56 Å². The Labute approximate surface area is 144 Å². The van der Waals surface area contributed by atoms with Crippen molar-refractivity contribution in [3.8, 4) is 0 Å². The zero-order valence-electron chi connectivity index (χ0n) is 14.9. The number of amides is 1. The second kappa shape index (κ2) is 8.27. The molecule has 2 rings (SSSR count). The highest BCUT2D eigenvalue weighted by atomic mass is 16.5. The number of esters is 1. The lowest BCUT2D eigenvalue weighted by atomic mass is 9.69. The Morgan fingerprint density at radius 2 is 2.00 bits per heavy atom. The van der Waals surface area contributed by atoms with E-state index in [1.165, 1.54) is 12.6 Å². The standard InChI is InChI=1S/C19H28N2O3/c1-4-19(2,3)15-7-9-16(10-8-15)21-17(22)13-24-18(23)14-6-5-11-20-12-14/h5-6,11-12,15-16H,4,7-10,13H2,1-3H3,(H,21,22). The minimum absolute atomic E-state index is 0.193. The quantitative estimate of drug-likeness (QED) is 0.811. The monoisotopic (exact) mass is 332 g/mol. The molecule has 132 valence electrons. The van der Waals surface area contributed by atoms with Crippen LogP contribution in [0.5, 0.6) is 0 Å². The summed E-state index contributed by atoms with van der Waals surface area (Å²) < 4.78 is 5.03. The van der Waals surface area contributed by atoms with Gasteiger partial charge in [0.15, 0.2) is 6.61 Å². The van der Waals surface area contributed by atoms with Crippen LogP contribution < -0.4 is 5.32 Å². The lowest BCUT2D eigenvalue weighted by Gasteiger charge is -2.39. The molecule has 0 bridgehead atoms. The van der Waals surface area contributed by atoms with Gasteiger partial charge in [0.25, 0.3) is 5.91 Å². The van der Waals surface area contributed by atoms with Crippen LogP contribution in [0.4, 0.5) is 0 Å². The maximum absolute atomic E-state index is 12.0. The van der Waals surface area contributed by atoms with E-state index in [-0.39, 0.29) is 18.6 Å². The van der Waals surface area contributed by atoms with Crippen LogP contribution in [-0.4, -0.2) is 29.5 Å². The van der Waals surface area contributed by atoms with Gasteiger partial charge in [-0.25, -0.2) is 4.79 Å². The molecule has 0 aliphatic heterocycles. The van der Waals surface area contributed by atoms with Crippen molar-refractivity contribution in [2.24, 2.45) is 11.3 Å². The first-order chi connectivity index (χ1) is 11.4. The lowest BCUT2D eigenvalue weighted by Crippen LogP contribution is -2.41. The number of carbonyl (C=O) groups excluding carboxylic acids is 2. The highest BCUT2D eigenvalue weighted by molar-refractivity contribution is 5.90. The van der Waals surface area contributed by atoms with Gasteiger partial charge in [0.1, 0.15) is 0 Å². The molecule has 1 fully saturated rings. The molecule has 0 saturated heterocycles. The average molecular weight is 332 g/mol. The Bertz CT molecular complexity index is 549. The zero-order chi connectivity index (χ0) is 17.6. The van der Waals surface area contributed by atoms with Gasteiger partial charge in [-0.3, -0.25) is 9.78 Å². The number of hydrogen-bond acceptors (Lipinski definition) is 4. The number of aromatic nitrogens is 1. The van der Waals surface area contributed by atoms with Gasteiger partial charge in [-0.15, -0.1) is 0 Å². The Morgan fingerprint density at radius 3 is 2.58 bits per heavy atom. The molecule has 0 atom stereocenters. The predicted octanol–water partition coefficient (Wildman–Crippen LogP) is 3.35. The molecule has 0 spiro atoms. The normalized spacial score (nSPS) is 21.1. The third-order valence-corrected chi connectivity index (χ3v) is 5.34. The first kappa shape index (κ1) is 18.4. The van der Waals surface area contributed by atoms with Crippen LogP contribution in [0.15, 0.2) is 24.5 Å². The Balaban J connectivity index is 1.71. The van der Waals surface area contributed by atoms with Crippen LogP contribution in [0.2, 0.25) is 0 Å². The second-order valence-electron chi connectivity index (χ2n) is 7.28. The van der Waals surface area contributed by atoms with E-state index < -0.39 is 5.97 Å². The number of rotatable bonds is 6. The molecule has 1 aromatic rings. The Hall–Kier alpha value is -1.91. The zero-order valence-corrected chi connectivity index (χ0v) is 14.9. The summed E-state index contributed by atoms with van der Waals surface area (Å²) in [6.45, 7) is 6.65. The molecule has 1 amide bonds. The van der Waals surface area contributed by atoms with Crippen molar-refractivity contribution in [1.82, 2.24) is 10.3 Å². The van der Waals surface area contributed by atoms with Crippen LogP contribution in [0.25, 0.3) is 0 Å². The summed E-state index contributed by atoms with van der Waals surface area (Å²) in [6, 6.07) is 3.47. The molecule has 24 heavy (non-hydrogen) atoms. The summed E-state index contributed by atoms with van der Waals surface area (Å²) in [5, 5.41) is 2.98. The SMILES string of the molecule is CCC(C)(C)C1CCC(NC(=O)COC(=O)c2cccnc2)CC1. The van der Waals surface area contributed by atoms with E-state index in [0.717, 1.165) is 31.6 Å². The summed E-state index contributed by atoms with van der Waals surface area (Å²) in [5.41, 5.74) is 0.724. The van der Waals surface area contributed by atoms with Crippen molar-refractivity contribution in [2.75, 3.05) is 6.61 Å². The van der Waals surface area contributed by atoms with Gasteiger partial charge >= 0.3 is 5.97 Å². The Kier molecular flexibility index (Phi) is 6.35. The number of nitrogens with one attached hydrogen (secondary N) is 1. The molecule has 0 aromatic carbocycles. The first-order valence-corrected chi connectivity index (χ1v) is 8.79. The largest absolute Gasteiger partial charge is 0.452 e. The van der Waals surface area contributed by atoms with Crippen LogP contribution in [0.3, 0.4) is 0 Å². The number of ether oxygens (including phenoxy) is 1. The highest BCUT2D eigenvalue weighted by Gasteiger charge is 2.32. The van der Waals surface area contributed by atoms with Gasteiger partial charge in [0, 0.05) is 18.4 Å². The molecular weight excluding hydrogens is 304 g/mol. The van der Waals surface area contributed by atoms with E-state index in [2.05, 4.69) is 31.1 Å². The van der Waals surface area contributed by atoms with Crippen LogP contribution in [0, 0.1) is 11.3 Å². The van der Waals surface area contributed by atoms with E-state index in [1.807, 2.05) is 0 Å². The maximum Gasteiger partial charge on any atom is 0.340 e. The molecule has 1 heterocycles. The van der Waals surface area contributed by atoms with Gasteiger partial charge in [-0.05, 0) is 49.1 Å². The maximum atomic E-state index is 12.0. The number of carbonyl (C=O) groups is 2. The molecular formula is C19H28N2O3. The molecule has 5 heteroatoms. The second-order valence-corrected chi connectivity index (χ2v) is 7.28. The van der Waals surface area contributed by atoms with E-state index in [4.69, 9.17) is 4.74 Å². The Morgan fingerprint density at radius 1 is 1.29 bits per heavy atom. The van der Waals surface area contributed by atoms with E-state index in [9.17, 15) is 9.59 Å². The average Bonchev–Trinajstić information content (AvgIpc) is 2.61. The third kappa shape index (κ3) is 5.05. The van der Waals surface area contributed by atoms with Crippen molar-refractivity contribution in [3.63, 3.8) is 0 Å². The van der Waals surface area contributed by atoms with E-state index in [0.29, 0.717) is 11.0 Å². The van der Waals surface area contributed by atoms with Crippen molar-refractivity contribution >= 4 is 11.9 Å². The van der Waals surface area contributed by atoms with Gasteiger partial charge < -0.3 is 10.1 Å². The number of nitrogens with zero attached hydrogens (tertiary/aromatic N) is 1. The summed E-state index contributed by atoms with van der Waals surface area (Å²) in [6.07, 6.45) is 8.46. The molecule has 5 nitrogen and oxygen atoms in total. The van der Waals surface area contributed by atoms with Crippen molar-refractivity contribution in [2.45, 2.75) is 58.9 Å². The van der Waals surface area contributed by atoms with E-state index >= 15 is 0 Å². The summed E-state index contributed by atoms with van der Waals surface area (Å²) in [5.74, 6) is -0.0313. The van der Waals surface area contributed by atoms with Crippen molar-refractivity contribution < 1.29 is 14.3 Å². The van der Waals surface area contributed by atoms with Gasteiger partial charge in [0.2, 0.25) is 0 Å². The lowest BCUT2D eigenvalue weighted by molar-refractivity contribution is -0.125. The van der Waals surface area contributed by atoms with Crippen LogP contribution in [0.1, 0.15) is 63.2 Å². The van der Waals surface area contributed by atoms with Gasteiger partial charge in [-0.1, -0.05) is 27.2 Å². The molecule has 1 aliphatic rings. The first-order valence-electron chi connectivity index (χ1n) is 8.79. The fraction of sp³-hybridized carbons (Fsp3) is 0.632. The summed E-state index contributed by atoms with van der Waals surface area (Å²) in [7, 11) is 0. The predicted molar refractivity (Wildman–Crippen MR) is 92.5 cm³/mol. The molecule has 1 N–H and O–H groups in total. The van der Waals surface area contributed by atoms with Crippen molar-refractivity contribution in [3.05, 3.63) is 30.1 Å². The van der Waals surface area contributed by atoms with Gasteiger partial charge in [-0.2, -0.15) is 0 Å². The molecule has 1 saturated carbocycles. The molecule has 0 unspecified atom stereocenters. The molecule has 0 radical (unpaired) electrons. The van der Waals surface area contributed by atoms with Crippen LogP contribution in [-0.2, 0) is 9.53 Å². The third-order valence-electron chi connectivity index (χ3n) is 5.34. The summed E-state index contributed by atoms with van der Waals surface area (Å²) in [4.78, 5) is 27.6. The minimum Gasteiger partial charge on any atom is -0.452 e. The topological polar surface area (TPSA) is 68.3 Å². The smallest absolute Gasteiger partial charge is 0.340 e. The van der Waals surface area contributed by atoms with E-state index in [1.54, 1.807) is 18.3 Å². The number of hydrogen-bond donors (Lipinski definition) is 1. The molecule has 1 aromatic heterocycles.